The van der Waals surface area contributed by atoms with Gasteiger partial charge < -0.3 is 0 Å². The van der Waals surface area contributed by atoms with E-state index in [1.54, 1.807) is 0 Å². The molecule has 2 rings (SSSR count). The van der Waals surface area contributed by atoms with Gasteiger partial charge in [-0.15, -0.1) is 0 Å². The first-order valence-electron chi connectivity index (χ1n) is 6.85. The van der Waals surface area contributed by atoms with Gasteiger partial charge in [0, 0.05) is 18.6 Å². The minimum atomic E-state index is 0.738. The maximum atomic E-state index is 2.76. The summed E-state index contributed by atoms with van der Waals surface area (Å²) in [5.74, 6) is 2.93. The van der Waals surface area contributed by atoms with Crippen molar-refractivity contribution in [3.8, 4) is 0 Å². The van der Waals surface area contributed by atoms with Gasteiger partial charge in [0.25, 0.3) is 0 Å². The Hall–Kier alpha value is -0.0400. The van der Waals surface area contributed by atoms with E-state index in [0.717, 1.165) is 29.8 Å². The van der Waals surface area contributed by atoms with Gasteiger partial charge in [-0.05, 0) is 38.0 Å². The van der Waals surface area contributed by atoms with E-state index in [1.807, 2.05) is 0 Å². The molecule has 0 spiro atoms. The van der Waals surface area contributed by atoms with Gasteiger partial charge in [-0.25, -0.2) is 0 Å². The summed E-state index contributed by atoms with van der Waals surface area (Å²) in [6, 6.07) is 1.60. The molecule has 0 aromatic heterocycles. The van der Waals surface area contributed by atoms with E-state index in [4.69, 9.17) is 0 Å². The smallest absolute Gasteiger partial charge is 0.0124 e. The van der Waals surface area contributed by atoms with E-state index in [2.05, 4.69) is 32.6 Å². The molecule has 2 atom stereocenters. The fraction of sp³-hybridized carbons (Fsp3) is 1.00. The first kappa shape index (κ1) is 11.4. The Labute approximate surface area is 95.2 Å². The van der Waals surface area contributed by atoms with E-state index in [1.165, 1.54) is 32.2 Å². The van der Waals surface area contributed by atoms with Crippen LogP contribution in [0.5, 0.6) is 0 Å². The van der Waals surface area contributed by atoms with Gasteiger partial charge in [-0.2, -0.15) is 0 Å². The lowest BCUT2D eigenvalue weighted by Gasteiger charge is -2.32. The molecular weight excluding hydrogens is 182 g/mol. The van der Waals surface area contributed by atoms with Gasteiger partial charge in [-0.3, -0.25) is 4.90 Å². The van der Waals surface area contributed by atoms with Crippen molar-refractivity contribution in [3.05, 3.63) is 0 Å². The van der Waals surface area contributed by atoms with Crippen LogP contribution >= 0.6 is 0 Å². The molecule has 0 radical (unpaired) electrons. The lowest BCUT2D eigenvalue weighted by atomic mass is 9.74. The third kappa shape index (κ3) is 2.22. The van der Waals surface area contributed by atoms with E-state index < -0.39 is 0 Å². The second-order valence-corrected chi connectivity index (χ2v) is 6.29. The van der Waals surface area contributed by atoms with Crippen molar-refractivity contribution in [2.24, 2.45) is 17.8 Å². The van der Waals surface area contributed by atoms with Crippen LogP contribution in [0.2, 0.25) is 0 Å². The fourth-order valence-corrected chi connectivity index (χ4v) is 3.43. The maximum absolute atomic E-state index is 2.76. The summed E-state index contributed by atoms with van der Waals surface area (Å²) in [5, 5.41) is 0. The quantitative estimate of drug-likeness (QED) is 0.687. The molecule has 0 aromatic rings. The van der Waals surface area contributed by atoms with Gasteiger partial charge in [0.05, 0.1) is 0 Å². The molecule has 2 unspecified atom stereocenters. The molecule has 1 heterocycles. The minimum absolute atomic E-state index is 0.738. The van der Waals surface area contributed by atoms with Gasteiger partial charge in [-0.1, -0.05) is 33.1 Å². The highest BCUT2D eigenvalue weighted by molar-refractivity contribution is 4.93. The van der Waals surface area contributed by atoms with Crippen molar-refractivity contribution < 1.29 is 0 Å². The predicted octanol–water partition coefficient (Wildman–Crippen LogP) is 3.54. The summed E-state index contributed by atoms with van der Waals surface area (Å²) >= 11 is 0. The van der Waals surface area contributed by atoms with Crippen LogP contribution in [-0.2, 0) is 0 Å². The topological polar surface area (TPSA) is 3.24 Å². The molecule has 1 aliphatic carbocycles. The average Bonchev–Trinajstić information content (AvgIpc) is 2.45. The summed E-state index contributed by atoms with van der Waals surface area (Å²) < 4.78 is 0. The van der Waals surface area contributed by atoms with Crippen LogP contribution in [0.15, 0.2) is 0 Å². The molecule has 2 aliphatic rings. The fourth-order valence-electron chi connectivity index (χ4n) is 3.43. The number of rotatable bonds is 3. The first-order valence-corrected chi connectivity index (χ1v) is 6.85. The highest BCUT2D eigenvalue weighted by Crippen LogP contribution is 2.42. The third-order valence-corrected chi connectivity index (χ3v) is 4.66. The van der Waals surface area contributed by atoms with Crippen LogP contribution in [0.3, 0.4) is 0 Å². The van der Waals surface area contributed by atoms with Gasteiger partial charge in [0.2, 0.25) is 0 Å². The van der Waals surface area contributed by atoms with Crippen LogP contribution in [0.4, 0.5) is 0 Å². The molecule has 1 aliphatic heterocycles. The van der Waals surface area contributed by atoms with Crippen LogP contribution in [0.1, 0.15) is 53.4 Å². The van der Waals surface area contributed by atoms with E-state index in [9.17, 15) is 0 Å². The lowest BCUT2D eigenvalue weighted by molar-refractivity contribution is 0.156. The molecule has 15 heavy (non-hydrogen) atoms. The van der Waals surface area contributed by atoms with Crippen molar-refractivity contribution in [1.82, 2.24) is 4.90 Å². The standard InChI is InChI=1S/C14H27N/c1-10(2)14-8-13(12-6-5-7-12)9-15(14)11(3)4/h10-14H,5-9H2,1-4H3. The number of hydrogen-bond donors (Lipinski definition) is 0. The number of hydrogen-bond acceptors (Lipinski definition) is 1. The zero-order valence-electron chi connectivity index (χ0n) is 10.9. The van der Waals surface area contributed by atoms with Crippen LogP contribution in [0, 0.1) is 17.8 Å². The molecule has 0 amide bonds. The molecule has 1 nitrogen and oxygen atoms in total. The third-order valence-electron chi connectivity index (χ3n) is 4.66. The van der Waals surface area contributed by atoms with E-state index >= 15 is 0 Å². The largest absolute Gasteiger partial charge is 0.297 e. The second kappa shape index (κ2) is 4.45. The summed E-state index contributed by atoms with van der Waals surface area (Å²) in [4.78, 5) is 2.76. The van der Waals surface area contributed by atoms with Crippen LogP contribution in [0.25, 0.3) is 0 Å². The zero-order valence-corrected chi connectivity index (χ0v) is 10.9. The average molecular weight is 209 g/mol. The van der Waals surface area contributed by atoms with Crippen molar-refractivity contribution in [1.29, 1.82) is 0 Å². The van der Waals surface area contributed by atoms with Gasteiger partial charge in [0.15, 0.2) is 0 Å². The summed E-state index contributed by atoms with van der Waals surface area (Å²) in [6.45, 7) is 10.9. The van der Waals surface area contributed by atoms with Gasteiger partial charge in [0.1, 0.15) is 0 Å². The second-order valence-electron chi connectivity index (χ2n) is 6.29. The summed E-state index contributed by atoms with van der Waals surface area (Å²) in [5.41, 5.74) is 0. The number of nitrogens with zero attached hydrogens (tertiary/aromatic N) is 1. The van der Waals surface area contributed by atoms with Crippen molar-refractivity contribution in [2.45, 2.75) is 65.5 Å². The Balaban J connectivity index is 1.98. The van der Waals surface area contributed by atoms with Crippen molar-refractivity contribution in [2.75, 3.05) is 6.54 Å². The van der Waals surface area contributed by atoms with Gasteiger partial charge >= 0.3 is 0 Å². The molecule has 0 N–H and O–H groups in total. The Morgan fingerprint density at radius 2 is 1.67 bits per heavy atom. The van der Waals surface area contributed by atoms with E-state index in [0.29, 0.717) is 0 Å². The predicted molar refractivity (Wildman–Crippen MR) is 65.9 cm³/mol. The Kier molecular flexibility index (Phi) is 3.39. The van der Waals surface area contributed by atoms with E-state index in [-0.39, 0.29) is 0 Å². The SMILES string of the molecule is CC(C)C1CC(C2CCC2)CN1C(C)C. The molecule has 1 saturated carbocycles. The van der Waals surface area contributed by atoms with Crippen molar-refractivity contribution in [3.63, 3.8) is 0 Å². The van der Waals surface area contributed by atoms with Crippen LogP contribution < -0.4 is 0 Å². The number of likely N-dealkylation sites (tertiary alicyclic amines) is 1. The normalized spacial score (nSPS) is 34.0. The first-order chi connectivity index (χ1) is 7.09. The monoisotopic (exact) mass is 209 g/mol. The summed E-state index contributed by atoms with van der Waals surface area (Å²) in [6.07, 6.45) is 6.00. The molecule has 1 saturated heterocycles. The summed E-state index contributed by atoms with van der Waals surface area (Å²) in [7, 11) is 0. The molecule has 88 valence electrons. The van der Waals surface area contributed by atoms with Crippen molar-refractivity contribution >= 4 is 0 Å². The Bertz CT molecular complexity index is 189. The molecule has 0 aromatic carbocycles. The molecule has 2 fully saturated rings. The highest BCUT2D eigenvalue weighted by Gasteiger charge is 2.40. The molecule has 1 heteroatoms. The minimum Gasteiger partial charge on any atom is -0.297 e. The maximum Gasteiger partial charge on any atom is 0.0124 e. The lowest BCUT2D eigenvalue weighted by Crippen LogP contribution is -2.38. The van der Waals surface area contributed by atoms with Crippen LogP contribution in [-0.4, -0.2) is 23.5 Å². The molecular formula is C14H27N. The Morgan fingerprint density at radius 1 is 1.00 bits per heavy atom. The zero-order chi connectivity index (χ0) is 11.0. The molecule has 0 bridgehead atoms. The Morgan fingerprint density at radius 3 is 2.00 bits per heavy atom. The highest BCUT2D eigenvalue weighted by atomic mass is 15.2.